The summed E-state index contributed by atoms with van der Waals surface area (Å²) in [4.78, 5) is 16.3. The van der Waals surface area contributed by atoms with Crippen LogP contribution in [0.25, 0.3) is 0 Å². The maximum atomic E-state index is 12.4. The van der Waals surface area contributed by atoms with Crippen molar-refractivity contribution in [2.45, 2.75) is 51.7 Å². The van der Waals surface area contributed by atoms with E-state index in [-0.39, 0.29) is 18.2 Å². The van der Waals surface area contributed by atoms with Crippen LogP contribution < -0.4 is 0 Å². The van der Waals surface area contributed by atoms with Gasteiger partial charge in [-0.05, 0) is 51.4 Å². The highest BCUT2D eigenvalue weighted by atomic mass is 16.3. The molecule has 0 aliphatic carbocycles. The minimum Gasteiger partial charge on any atom is -0.393 e. The number of carbonyl (C=O) groups excluding carboxylic acids is 1. The van der Waals surface area contributed by atoms with E-state index in [1.165, 1.54) is 0 Å². The highest BCUT2D eigenvalue weighted by molar-refractivity contribution is 5.74. The third kappa shape index (κ3) is 3.64. The molecule has 2 saturated heterocycles. The van der Waals surface area contributed by atoms with E-state index in [2.05, 4.69) is 0 Å². The normalized spacial score (nSPS) is 25.6. The SMILES string of the molecule is CC(O)C1CCN(C(=O)N2CCC(C(C)O)CC2)CC1. The van der Waals surface area contributed by atoms with Crippen LogP contribution in [-0.4, -0.2) is 64.4 Å². The third-order valence-electron chi connectivity index (χ3n) is 4.98. The van der Waals surface area contributed by atoms with E-state index >= 15 is 0 Å². The van der Waals surface area contributed by atoms with Gasteiger partial charge in [0.15, 0.2) is 0 Å². The zero-order valence-corrected chi connectivity index (χ0v) is 12.7. The molecule has 0 bridgehead atoms. The second-order valence-corrected chi connectivity index (χ2v) is 6.41. The van der Waals surface area contributed by atoms with E-state index in [1.807, 2.05) is 23.6 Å². The number of rotatable bonds is 2. The number of nitrogens with zero attached hydrogens (tertiary/aromatic N) is 2. The summed E-state index contributed by atoms with van der Waals surface area (Å²) in [6.45, 7) is 6.69. The number of aliphatic hydroxyl groups is 2. The zero-order chi connectivity index (χ0) is 14.7. The first-order valence-electron chi connectivity index (χ1n) is 7.89. The fourth-order valence-electron chi connectivity index (χ4n) is 3.35. The first kappa shape index (κ1) is 15.6. The largest absolute Gasteiger partial charge is 0.393 e. The Morgan fingerprint density at radius 2 is 1.15 bits per heavy atom. The number of hydrogen-bond donors (Lipinski definition) is 2. The third-order valence-corrected chi connectivity index (χ3v) is 4.98. The molecule has 5 nitrogen and oxygen atoms in total. The van der Waals surface area contributed by atoms with Crippen molar-refractivity contribution in [1.29, 1.82) is 0 Å². The molecule has 0 aromatic carbocycles. The van der Waals surface area contributed by atoms with Crippen molar-refractivity contribution in [3.63, 3.8) is 0 Å². The van der Waals surface area contributed by atoms with Gasteiger partial charge in [0.2, 0.25) is 0 Å². The summed E-state index contributed by atoms with van der Waals surface area (Å²) >= 11 is 0. The number of urea groups is 1. The van der Waals surface area contributed by atoms with Crippen LogP contribution in [-0.2, 0) is 0 Å². The van der Waals surface area contributed by atoms with Gasteiger partial charge in [0, 0.05) is 26.2 Å². The summed E-state index contributed by atoms with van der Waals surface area (Å²) in [6.07, 6.45) is 3.05. The number of carbonyl (C=O) groups is 1. The van der Waals surface area contributed by atoms with Crippen molar-refractivity contribution in [3.05, 3.63) is 0 Å². The quantitative estimate of drug-likeness (QED) is 0.803. The Kier molecular flexibility index (Phi) is 5.27. The van der Waals surface area contributed by atoms with E-state index < -0.39 is 0 Å². The van der Waals surface area contributed by atoms with E-state index in [4.69, 9.17) is 0 Å². The van der Waals surface area contributed by atoms with E-state index in [0.717, 1.165) is 51.9 Å². The molecule has 116 valence electrons. The average Bonchev–Trinajstić information content (AvgIpc) is 2.46. The predicted molar refractivity (Wildman–Crippen MR) is 77.4 cm³/mol. The summed E-state index contributed by atoms with van der Waals surface area (Å²) in [5.41, 5.74) is 0. The molecule has 2 N–H and O–H groups in total. The van der Waals surface area contributed by atoms with Gasteiger partial charge in [-0.2, -0.15) is 0 Å². The lowest BCUT2D eigenvalue weighted by atomic mass is 9.91. The Balaban J connectivity index is 1.79. The van der Waals surface area contributed by atoms with Crippen LogP contribution in [0.1, 0.15) is 39.5 Å². The van der Waals surface area contributed by atoms with Gasteiger partial charge in [-0.25, -0.2) is 4.79 Å². The number of piperidine rings is 2. The van der Waals surface area contributed by atoms with Crippen LogP contribution in [0.2, 0.25) is 0 Å². The Morgan fingerprint density at radius 3 is 1.40 bits per heavy atom. The van der Waals surface area contributed by atoms with Crippen molar-refractivity contribution >= 4 is 6.03 Å². The van der Waals surface area contributed by atoms with Gasteiger partial charge < -0.3 is 20.0 Å². The topological polar surface area (TPSA) is 64.0 Å². The molecule has 2 unspecified atom stereocenters. The molecule has 2 fully saturated rings. The average molecular weight is 284 g/mol. The summed E-state index contributed by atoms with van der Waals surface area (Å²) in [5.74, 6) is 0.667. The molecule has 2 amide bonds. The fraction of sp³-hybridized carbons (Fsp3) is 0.933. The van der Waals surface area contributed by atoms with Gasteiger partial charge in [-0.3, -0.25) is 0 Å². The van der Waals surface area contributed by atoms with Gasteiger partial charge >= 0.3 is 6.03 Å². The lowest BCUT2D eigenvalue weighted by Gasteiger charge is -2.39. The summed E-state index contributed by atoms with van der Waals surface area (Å²) in [7, 11) is 0. The van der Waals surface area contributed by atoms with Gasteiger partial charge in [0.1, 0.15) is 0 Å². The first-order chi connectivity index (χ1) is 9.49. The fourth-order valence-corrected chi connectivity index (χ4v) is 3.35. The molecule has 2 aliphatic heterocycles. The van der Waals surface area contributed by atoms with E-state index in [1.54, 1.807) is 0 Å². The lowest BCUT2D eigenvalue weighted by Crippen LogP contribution is -2.50. The molecule has 0 aromatic rings. The van der Waals surface area contributed by atoms with Crippen LogP contribution in [0.4, 0.5) is 4.79 Å². The summed E-state index contributed by atoms with van der Waals surface area (Å²) in [5, 5.41) is 19.2. The number of aliphatic hydroxyl groups excluding tert-OH is 2. The monoisotopic (exact) mass is 284 g/mol. The van der Waals surface area contributed by atoms with Crippen LogP contribution in [0.15, 0.2) is 0 Å². The Morgan fingerprint density at radius 1 is 0.850 bits per heavy atom. The predicted octanol–water partition coefficient (Wildman–Crippen LogP) is 1.29. The molecule has 2 aliphatic rings. The van der Waals surface area contributed by atoms with Gasteiger partial charge in [-0.1, -0.05) is 0 Å². The molecule has 0 aromatic heterocycles. The van der Waals surface area contributed by atoms with Crippen LogP contribution in [0.3, 0.4) is 0 Å². The Hall–Kier alpha value is -0.810. The second kappa shape index (κ2) is 6.76. The molecular weight excluding hydrogens is 256 g/mol. The second-order valence-electron chi connectivity index (χ2n) is 6.41. The summed E-state index contributed by atoms with van der Waals surface area (Å²) < 4.78 is 0. The molecule has 20 heavy (non-hydrogen) atoms. The summed E-state index contributed by atoms with van der Waals surface area (Å²) in [6, 6.07) is 0.137. The molecule has 5 heteroatoms. The van der Waals surface area contributed by atoms with E-state index in [9.17, 15) is 15.0 Å². The van der Waals surface area contributed by atoms with Crippen molar-refractivity contribution in [2.75, 3.05) is 26.2 Å². The number of amides is 2. The number of likely N-dealkylation sites (tertiary alicyclic amines) is 2. The molecule has 2 atom stereocenters. The van der Waals surface area contributed by atoms with Crippen molar-refractivity contribution in [1.82, 2.24) is 9.80 Å². The minimum atomic E-state index is -0.269. The standard InChI is InChI=1S/C15H28N2O3/c1-11(18)13-3-7-16(8-4-13)15(20)17-9-5-14(6-10-17)12(2)19/h11-14,18-19H,3-10H2,1-2H3. The van der Waals surface area contributed by atoms with E-state index in [0.29, 0.717) is 11.8 Å². The van der Waals surface area contributed by atoms with Crippen molar-refractivity contribution in [3.8, 4) is 0 Å². The molecule has 0 saturated carbocycles. The highest BCUT2D eigenvalue weighted by Crippen LogP contribution is 2.24. The van der Waals surface area contributed by atoms with Crippen molar-refractivity contribution < 1.29 is 15.0 Å². The van der Waals surface area contributed by atoms with Gasteiger partial charge in [-0.15, -0.1) is 0 Å². The van der Waals surface area contributed by atoms with Crippen LogP contribution >= 0.6 is 0 Å². The Labute approximate surface area is 121 Å². The first-order valence-corrected chi connectivity index (χ1v) is 7.89. The van der Waals surface area contributed by atoms with Crippen LogP contribution in [0, 0.1) is 11.8 Å². The molecule has 0 spiro atoms. The molecule has 0 radical (unpaired) electrons. The van der Waals surface area contributed by atoms with Gasteiger partial charge in [0.05, 0.1) is 12.2 Å². The smallest absolute Gasteiger partial charge is 0.319 e. The molecule has 2 rings (SSSR count). The zero-order valence-electron chi connectivity index (χ0n) is 12.7. The lowest BCUT2D eigenvalue weighted by molar-refractivity contribution is 0.0555. The molecular formula is C15H28N2O3. The molecule has 2 heterocycles. The minimum absolute atomic E-state index is 0.137. The van der Waals surface area contributed by atoms with Crippen LogP contribution in [0.5, 0.6) is 0 Å². The Bertz CT molecular complexity index is 287. The maximum absolute atomic E-state index is 12.4. The van der Waals surface area contributed by atoms with Gasteiger partial charge in [0.25, 0.3) is 0 Å². The maximum Gasteiger partial charge on any atom is 0.319 e. The number of hydrogen-bond acceptors (Lipinski definition) is 3. The highest BCUT2D eigenvalue weighted by Gasteiger charge is 2.31. The van der Waals surface area contributed by atoms with Crippen molar-refractivity contribution in [2.24, 2.45) is 11.8 Å².